The van der Waals surface area contributed by atoms with Crippen molar-refractivity contribution in [2.75, 3.05) is 42.1 Å². The van der Waals surface area contributed by atoms with Crippen LogP contribution >= 0.6 is 23.1 Å². The summed E-state index contributed by atoms with van der Waals surface area (Å²) in [4.78, 5) is 16.9. The van der Waals surface area contributed by atoms with E-state index in [1.165, 1.54) is 41.4 Å². The molecule has 1 amide bonds. The number of anilines is 2. The molecule has 8 heteroatoms. The van der Waals surface area contributed by atoms with Gasteiger partial charge in [0.05, 0.1) is 5.75 Å². The summed E-state index contributed by atoms with van der Waals surface area (Å²) in [5.41, 5.74) is 3.94. The highest BCUT2D eigenvalue weighted by molar-refractivity contribution is 8.01. The van der Waals surface area contributed by atoms with Gasteiger partial charge in [-0.1, -0.05) is 35.2 Å². The molecule has 1 aliphatic heterocycles. The van der Waals surface area contributed by atoms with Crippen LogP contribution in [0, 0.1) is 13.8 Å². The number of thioether (sulfide) groups is 1. The third-order valence-electron chi connectivity index (χ3n) is 5.18. The molecule has 0 atom stereocenters. The Hall–Kier alpha value is -1.80. The van der Waals surface area contributed by atoms with Gasteiger partial charge in [0.1, 0.15) is 0 Å². The number of aromatic nitrogens is 2. The van der Waals surface area contributed by atoms with Crippen LogP contribution in [0.25, 0.3) is 0 Å². The quantitative estimate of drug-likeness (QED) is 0.748. The number of piperazine rings is 1. The number of benzene rings is 1. The first-order valence-electron chi connectivity index (χ1n) is 9.42. The molecule has 1 aliphatic carbocycles. The minimum Gasteiger partial charge on any atom is -0.368 e. The first kappa shape index (κ1) is 18.6. The first-order chi connectivity index (χ1) is 13.1. The molecule has 2 aromatic rings. The van der Waals surface area contributed by atoms with Crippen molar-refractivity contribution in [1.29, 1.82) is 0 Å². The molecule has 0 bridgehead atoms. The molecule has 2 fully saturated rings. The van der Waals surface area contributed by atoms with Gasteiger partial charge in [-0.25, -0.2) is 0 Å². The molecule has 0 unspecified atom stereocenters. The van der Waals surface area contributed by atoms with Gasteiger partial charge in [0.2, 0.25) is 11.0 Å². The average molecular weight is 404 g/mol. The number of amides is 1. The lowest BCUT2D eigenvalue weighted by Crippen LogP contribution is -2.49. The van der Waals surface area contributed by atoms with E-state index in [9.17, 15) is 4.79 Å². The van der Waals surface area contributed by atoms with Crippen molar-refractivity contribution in [2.45, 2.75) is 37.1 Å². The zero-order valence-electron chi connectivity index (χ0n) is 15.8. The summed E-state index contributed by atoms with van der Waals surface area (Å²) in [5.74, 6) is 0.620. The monoisotopic (exact) mass is 403 g/mol. The highest BCUT2D eigenvalue weighted by atomic mass is 32.2. The Labute approximate surface area is 168 Å². The summed E-state index contributed by atoms with van der Waals surface area (Å²) in [6.07, 6.45) is 2.43. The van der Waals surface area contributed by atoms with Gasteiger partial charge in [-0.3, -0.25) is 4.79 Å². The van der Waals surface area contributed by atoms with Gasteiger partial charge >= 0.3 is 0 Å². The minimum atomic E-state index is 0.188. The van der Waals surface area contributed by atoms with Crippen LogP contribution < -0.4 is 10.2 Å². The Morgan fingerprint density at radius 2 is 2.00 bits per heavy atom. The number of hydrogen-bond acceptors (Lipinski definition) is 7. The highest BCUT2D eigenvalue weighted by Gasteiger charge is 2.24. The maximum Gasteiger partial charge on any atom is 0.233 e. The normalized spacial score (nSPS) is 17.3. The van der Waals surface area contributed by atoms with E-state index in [0.29, 0.717) is 11.8 Å². The van der Waals surface area contributed by atoms with Gasteiger partial charge in [-0.05, 0) is 43.9 Å². The van der Waals surface area contributed by atoms with E-state index in [1.54, 1.807) is 11.3 Å². The molecule has 2 aliphatic rings. The lowest BCUT2D eigenvalue weighted by atomic mass is 10.1. The number of carbonyl (C=O) groups excluding carboxylic acids is 1. The number of nitrogens with one attached hydrogen (secondary N) is 1. The van der Waals surface area contributed by atoms with Crippen molar-refractivity contribution in [1.82, 2.24) is 15.1 Å². The second-order valence-electron chi connectivity index (χ2n) is 7.17. The molecule has 1 aromatic carbocycles. The standard InChI is InChI=1S/C19H25N5OS2/c1-13-4-3-5-16(14(13)2)23-8-10-24(11-9-23)17(25)12-26-19-22-21-18(27-19)20-15-6-7-15/h3-5,15H,6-12H2,1-2H3,(H,20,21). The van der Waals surface area contributed by atoms with Crippen LogP contribution in [0.3, 0.4) is 0 Å². The maximum atomic E-state index is 12.6. The van der Waals surface area contributed by atoms with E-state index in [-0.39, 0.29) is 5.91 Å². The van der Waals surface area contributed by atoms with E-state index >= 15 is 0 Å². The Balaban J connectivity index is 1.26. The number of rotatable bonds is 6. The van der Waals surface area contributed by atoms with E-state index in [0.717, 1.165) is 35.7 Å². The van der Waals surface area contributed by atoms with Crippen molar-refractivity contribution in [3.8, 4) is 0 Å². The van der Waals surface area contributed by atoms with Crippen LogP contribution in [0.5, 0.6) is 0 Å². The minimum absolute atomic E-state index is 0.188. The van der Waals surface area contributed by atoms with E-state index in [4.69, 9.17) is 0 Å². The van der Waals surface area contributed by atoms with Crippen LogP contribution in [-0.4, -0.2) is 59.0 Å². The smallest absolute Gasteiger partial charge is 0.233 e. The molecule has 0 spiro atoms. The molecular weight excluding hydrogens is 378 g/mol. The molecular formula is C19H25N5OS2. The Morgan fingerprint density at radius 3 is 2.74 bits per heavy atom. The van der Waals surface area contributed by atoms with Crippen molar-refractivity contribution < 1.29 is 4.79 Å². The van der Waals surface area contributed by atoms with Crippen LogP contribution in [0.1, 0.15) is 24.0 Å². The second-order valence-corrected chi connectivity index (χ2v) is 9.37. The topological polar surface area (TPSA) is 61.4 Å². The Morgan fingerprint density at radius 1 is 1.22 bits per heavy atom. The maximum absolute atomic E-state index is 12.6. The van der Waals surface area contributed by atoms with Crippen molar-refractivity contribution in [2.24, 2.45) is 0 Å². The van der Waals surface area contributed by atoms with Crippen LogP contribution in [0.4, 0.5) is 10.8 Å². The first-order valence-corrected chi connectivity index (χ1v) is 11.2. The van der Waals surface area contributed by atoms with Gasteiger partial charge in [0, 0.05) is 37.9 Å². The summed E-state index contributed by atoms with van der Waals surface area (Å²) in [6, 6.07) is 7.01. The third-order valence-corrected chi connectivity index (χ3v) is 7.15. The molecule has 6 nitrogen and oxygen atoms in total. The molecule has 1 aromatic heterocycles. The van der Waals surface area contributed by atoms with Gasteiger partial charge in [0.25, 0.3) is 0 Å². The molecule has 27 heavy (non-hydrogen) atoms. The molecule has 144 valence electrons. The second kappa shape index (κ2) is 8.06. The zero-order valence-corrected chi connectivity index (χ0v) is 17.4. The van der Waals surface area contributed by atoms with Gasteiger partial charge < -0.3 is 15.1 Å². The third kappa shape index (κ3) is 4.55. The number of carbonyl (C=O) groups is 1. The summed E-state index contributed by atoms with van der Waals surface area (Å²) in [7, 11) is 0. The number of aryl methyl sites for hydroxylation is 1. The van der Waals surface area contributed by atoms with Gasteiger partial charge in [-0.15, -0.1) is 10.2 Å². The van der Waals surface area contributed by atoms with Crippen LogP contribution in [0.15, 0.2) is 22.5 Å². The summed E-state index contributed by atoms with van der Waals surface area (Å²) in [5, 5.41) is 12.5. The summed E-state index contributed by atoms with van der Waals surface area (Å²) < 4.78 is 0.862. The van der Waals surface area contributed by atoms with Gasteiger partial charge in [0.15, 0.2) is 4.34 Å². The molecule has 1 saturated carbocycles. The van der Waals surface area contributed by atoms with Crippen molar-refractivity contribution >= 4 is 39.8 Å². The molecule has 0 radical (unpaired) electrons. The Kier molecular flexibility index (Phi) is 5.54. The van der Waals surface area contributed by atoms with Crippen LogP contribution in [-0.2, 0) is 4.79 Å². The molecule has 2 heterocycles. The molecule has 4 rings (SSSR count). The van der Waals surface area contributed by atoms with Crippen LogP contribution in [0.2, 0.25) is 0 Å². The van der Waals surface area contributed by atoms with Gasteiger partial charge in [-0.2, -0.15) is 0 Å². The Bertz CT molecular complexity index is 812. The summed E-state index contributed by atoms with van der Waals surface area (Å²) in [6.45, 7) is 7.64. The highest BCUT2D eigenvalue weighted by Crippen LogP contribution is 2.30. The largest absolute Gasteiger partial charge is 0.368 e. The van der Waals surface area contributed by atoms with Crippen molar-refractivity contribution in [3.63, 3.8) is 0 Å². The predicted molar refractivity (Wildman–Crippen MR) is 112 cm³/mol. The number of nitrogens with zero attached hydrogens (tertiary/aromatic N) is 4. The lowest BCUT2D eigenvalue weighted by molar-refractivity contribution is -0.128. The molecule has 1 saturated heterocycles. The fourth-order valence-electron chi connectivity index (χ4n) is 3.22. The fraction of sp³-hybridized carbons (Fsp3) is 0.526. The fourth-order valence-corrected chi connectivity index (χ4v) is 4.95. The van der Waals surface area contributed by atoms with E-state index in [2.05, 4.69) is 52.5 Å². The SMILES string of the molecule is Cc1cccc(N2CCN(C(=O)CSc3nnc(NC4CC4)s3)CC2)c1C. The lowest BCUT2D eigenvalue weighted by Gasteiger charge is -2.37. The van der Waals surface area contributed by atoms with E-state index in [1.807, 2.05) is 4.90 Å². The molecule has 1 N–H and O–H groups in total. The van der Waals surface area contributed by atoms with E-state index < -0.39 is 0 Å². The zero-order chi connectivity index (χ0) is 18.8. The predicted octanol–water partition coefficient (Wildman–Crippen LogP) is 3.17. The summed E-state index contributed by atoms with van der Waals surface area (Å²) >= 11 is 3.03. The average Bonchev–Trinajstić information content (AvgIpc) is 3.38. The number of hydrogen-bond donors (Lipinski definition) is 1. The van der Waals surface area contributed by atoms with Crippen molar-refractivity contribution in [3.05, 3.63) is 29.3 Å².